The summed E-state index contributed by atoms with van der Waals surface area (Å²) in [4.78, 5) is 24.1. The van der Waals surface area contributed by atoms with Gasteiger partial charge in [-0.2, -0.15) is 0 Å². The number of benzene rings is 4. The monoisotopic (exact) mass is 566 g/mol. The van der Waals surface area contributed by atoms with E-state index in [-0.39, 0.29) is 22.4 Å². The molecule has 0 saturated heterocycles. The van der Waals surface area contributed by atoms with Gasteiger partial charge in [-0.3, -0.25) is 0 Å². The summed E-state index contributed by atoms with van der Waals surface area (Å²) >= 11 is 6.82. The first-order valence-corrected chi connectivity index (χ1v) is 11.4. The Hall–Kier alpha value is -3.42. The molecule has 0 aromatic heterocycles. The summed E-state index contributed by atoms with van der Waals surface area (Å²) in [6, 6.07) is 24.6. The summed E-state index contributed by atoms with van der Waals surface area (Å²) in [5, 5.41) is 19.7. The Morgan fingerprint density at radius 2 is 1.27 bits per heavy atom. The molecule has 0 aliphatic carbocycles. The first-order valence-electron chi connectivity index (χ1n) is 9.77. The third kappa shape index (κ3) is 4.99. The maximum atomic E-state index is 12.2. The minimum absolute atomic E-state index is 0.0534. The van der Waals surface area contributed by atoms with Crippen LogP contribution in [0.2, 0.25) is 0 Å². The largest absolute Gasteiger partial charge is 0.478 e. The summed E-state index contributed by atoms with van der Waals surface area (Å²) in [6.45, 7) is 0. The highest BCUT2D eigenvalue weighted by Crippen LogP contribution is 2.38. The van der Waals surface area contributed by atoms with Crippen molar-refractivity contribution in [3.8, 4) is 33.8 Å². The molecule has 0 saturated carbocycles. The molecule has 0 spiro atoms. The Kier molecular flexibility index (Phi) is 6.62. The van der Waals surface area contributed by atoms with Crippen LogP contribution in [0, 0.1) is 0 Å². The average Bonchev–Trinajstić information content (AvgIpc) is 2.79. The number of carboxylic acid groups (broad SMARTS) is 2. The third-order valence-corrected chi connectivity index (χ3v) is 5.95. The lowest BCUT2D eigenvalue weighted by atomic mass is 9.93. The zero-order valence-electron chi connectivity index (χ0n) is 17.0. The molecule has 0 radical (unpaired) electrons. The zero-order valence-corrected chi connectivity index (χ0v) is 20.1. The molecule has 0 aliphatic rings. The molecule has 4 rings (SSSR count). The summed E-state index contributed by atoms with van der Waals surface area (Å²) in [5.74, 6) is -2.02. The molecule has 164 valence electrons. The van der Waals surface area contributed by atoms with Gasteiger partial charge >= 0.3 is 11.9 Å². The van der Waals surface area contributed by atoms with Crippen molar-refractivity contribution < 1.29 is 24.5 Å². The van der Waals surface area contributed by atoms with Crippen LogP contribution in [0.1, 0.15) is 20.7 Å². The molecule has 0 heterocycles. The van der Waals surface area contributed by atoms with Crippen molar-refractivity contribution in [1.29, 1.82) is 0 Å². The van der Waals surface area contributed by atoms with Crippen molar-refractivity contribution >= 4 is 43.8 Å². The van der Waals surface area contributed by atoms with E-state index in [0.29, 0.717) is 15.8 Å². The molecule has 2 N–H and O–H groups in total. The first-order chi connectivity index (χ1) is 15.8. The Balaban J connectivity index is 1.77. The van der Waals surface area contributed by atoms with Gasteiger partial charge in [-0.05, 0) is 65.2 Å². The standard InChI is InChI=1S/C26H16Br2O5/c27-18-5-1-3-16(13-18)15-7-9-20(10-8-15)33-22-12-11-21(25(29)30)23(24(22)26(31)32)17-4-2-6-19(28)14-17/h1-14H,(H,29,30)(H,31,32). The zero-order chi connectivity index (χ0) is 23.5. The van der Waals surface area contributed by atoms with E-state index in [2.05, 4.69) is 31.9 Å². The SMILES string of the molecule is O=C(O)c1ccc(Oc2ccc(-c3cccc(Br)c3)cc2)c(C(=O)O)c1-c1cccc(Br)c1. The van der Waals surface area contributed by atoms with E-state index < -0.39 is 11.9 Å². The van der Waals surface area contributed by atoms with E-state index in [1.54, 1.807) is 36.4 Å². The lowest BCUT2D eigenvalue weighted by Gasteiger charge is -2.16. The Morgan fingerprint density at radius 1 is 0.667 bits per heavy atom. The summed E-state index contributed by atoms with van der Waals surface area (Å²) in [7, 11) is 0. The fourth-order valence-corrected chi connectivity index (χ4v) is 4.31. The predicted molar refractivity (Wildman–Crippen MR) is 133 cm³/mol. The molecule has 0 amide bonds. The molecular weight excluding hydrogens is 552 g/mol. The molecule has 4 aromatic carbocycles. The third-order valence-electron chi connectivity index (χ3n) is 4.96. The minimum atomic E-state index is -1.28. The van der Waals surface area contributed by atoms with Gasteiger partial charge in [0.15, 0.2) is 0 Å². The number of hydrogen-bond donors (Lipinski definition) is 2. The first kappa shape index (κ1) is 22.8. The highest BCUT2D eigenvalue weighted by atomic mass is 79.9. The van der Waals surface area contributed by atoms with Crippen molar-refractivity contribution in [1.82, 2.24) is 0 Å². The molecule has 4 aromatic rings. The fourth-order valence-electron chi connectivity index (χ4n) is 3.51. The van der Waals surface area contributed by atoms with Crippen LogP contribution in [-0.2, 0) is 0 Å². The Bertz CT molecular complexity index is 1360. The quantitative estimate of drug-likeness (QED) is 0.249. The predicted octanol–water partition coefficient (Wildman–Crippen LogP) is 7.73. The van der Waals surface area contributed by atoms with Gasteiger partial charge in [0.1, 0.15) is 17.1 Å². The second kappa shape index (κ2) is 9.60. The smallest absolute Gasteiger partial charge is 0.340 e. The number of halogens is 2. The van der Waals surface area contributed by atoms with Crippen molar-refractivity contribution in [2.24, 2.45) is 0 Å². The molecule has 0 bridgehead atoms. The second-order valence-electron chi connectivity index (χ2n) is 7.12. The number of aromatic carboxylic acids is 2. The molecule has 5 nitrogen and oxygen atoms in total. The normalized spacial score (nSPS) is 10.6. The van der Waals surface area contributed by atoms with Crippen LogP contribution >= 0.6 is 31.9 Å². The molecular formula is C26H16Br2O5. The number of carboxylic acids is 2. The van der Waals surface area contributed by atoms with E-state index in [9.17, 15) is 19.8 Å². The lowest BCUT2D eigenvalue weighted by molar-refractivity contribution is 0.0694. The topological polar surface area (TPSA) is 83.8 Å². The molecule has 0 atom stereocenters. The van der Waals surface area contributed by atoms with Gasteiger partial charge in [0.2, 0.25) is 0 Å². The van der Waals surface area contributed by atoms with Crippen LogP contribution in [0.3, 0.4) is 0 Å². The molecule has 0 unspecified atom stereocenters. The number of ether oxygens (including phenoxy) is 1. The molecule has 7 heteroatoms. The second-order valence-corrected chi connectivity index (χ2v) is 8.95. The van der Waals surface area contributed by atoms with Crippen molar-refractivity contribution in [3.63, 3.8) is 0 Å². The lowest BCUT2D eigenvalue weighted by Crippen LogP contribution is -2.09. The maximum Gasteiger partial charge on any atom is 0.340 e. The van der Waals surface area contributed by atoms with Crippen LogP contribution < -0.4 is 4.74 Å². The molecule has 0 fully saturated rings. The Labute approximate surface area is 206 Å². The highest BCUT2D eigenvalue weighted by Gasteiger charge is 2.25. The van der Waals surface area contributed by atoms with Crippen LogP contribution in [0.4, 0.5) is 0 Å². The van der Waals surface area contributed by atoms with Crippen LogP contribution in [0.25, 0.3) is 22.3 Å². The fraction of sp³-hybridized carbons (Fsp3) is 0. The van der Waals surface area contributed by atoms with Gasteiger partial charge in [0.05, 0.1) is 5.56 Å². The summed E-state index contributed by atoms with van der Waals surface area (Å²) in [6.07, 6.45) is 0. The van der Waals surface area contributed by atoms with Gasteiger partial charge in [0, 0.05) is 14.5 Å². The average molecular weight is 568 g/mol. The van der Waals surface area contributed by atoms with E-state index in [4.69, 9.17) is 4.74 Å². The van der Waals surface area contributed by atoms with Gasteiger partial charge in [-0.25, -0.2) is 9.59 Å². The van der Waals surface area contributed by atoms with Gasteiger partial charge < -0.3 is 14.9 Å². The van der Waals surface area contributed by atoms with Gasteiger partial charge in [0.25, 0.3) is 0 Å². The summed E-state index contributed by atoms with van der Waals surface area (Å²) < 4.78 is 7.58. The van der Waals surface area contributed by atoms with E-state index >= 15 is 0 Å². The number of carbonyl (C=O) groups is 2. The van der Waals surface area contributed by atoms with Gasteiger partial charge in [-0.1, -0.05) is 68.3 Å². The van der Waals surface area contributed by atoms with Crippen LogP contribution in [-0.4, -0.2) is 22.2 Å². The van der Waals surface area contributed by atoms with Crippen molar-refractivity contribution in [3.05, 3.63) is 105 Å². The van der Waals surface area contributed by atoms with E-state index in [1.165, 1.54) is 12.1 Å². The number of rotatable bonds is 6. The van der Waals surface area contributed by atoms with Crippen LogP contribution in [0.5, 0.6) is 11.5 Å². The van der Waals surface area contributed by atoms with Gasteiger partial charge in [-0.15, -0.1) is 0 Å². The highest BCUT2D eigenvalue weighted by molar-refractivity contribution is 9.10. The minimum Gasteiger partial charge on any atom is -0.478 e. The number of hydrogen-bond acceptors (Lipinski definition) is 3. The maximum absolute atomic E-state index is 12.2. The van der Waals surface area contributed by atoms with Crippen molar-refractivity contribution in [2.75, 3.05) is 0 Å². The van der Waals surface area contributed by atoms with Crippen molar-refractivity contribution in [2.45, 2.75) is 0 Å². The van der Waals surface area contributed by atoms with E-state index in [0.717, 1.165) is 15.6 Å². The molecule has 33 heavy (non-hydrogen) atoms. The summed E-state index contributed by atoms with van der Waals surface area (Å²) in [5.41, 5.74) is 2.18. The van der Waals surface area contributed by atoms with Crippen LogP contribution in [0.15, 0.2) is 93.9 Å². The molecule has 0 aliphatic heterocycles. The Morgan fingerprint density at radius 3 is 1.85 bits per heavy atom. The van der Waals surface area contributed by atoms with E-state index in [1.807, 2.05) is 36.4 Å².